The number of piperazine rings is 1. The molecule has 33 heavy (non-hydrogen) atoms. The van der Waals surface area contributed by atoms with E-state index in [-0.39, 0.29) is 31.0 Å². The Hall–Kier alpha value is -2.65. The van der Waals surface area contributed by atoms with Gasteiger partial charge in [-0.05, 0) is 19.4 Å². The van der Waals surface area contributed by atoms with Crippen molar-refractivity contribution in [3.8, 4) is 11.3 Å². The summed E-state index contributed by atoms with van der Waals surface area (Å²) in [6.07, 6.45) is 0.434. The van der Waals surface area contributed by atoms with E-state index < -0.39 is 12.5 Å². The molecule has 1 amide bonds. The first kappa shape index (κ1) is 22.2. The summed E-state index contributed by atoms with van der Waals surface area (Å²) in [6, 6.07) is 12.0. The van der Waals surface area contributed by atoms with Gasteiger partial charge in [0.25, 0.3) is 5.92 Å². The fraction of sp³-hybridized carbons (Fsp3) is 0.542. The Bertz CT molecular complexity index is 996. The summed E-state index contributed by atoms with van der Waals surface area (Å²) in [4.78, 5) is 28.1. The second-order valence-electron chi connectivity index (χ2n) is 9.30. The molecule has 176 valence electrons. The minimum atomic E-state index is -2.75. The first-order valence-electron chi connectivity index (χ1n) is 11.7. The van der Waals surface area contributed by atoms with Gasteiger partial charge in [-0.25, -0.2) is 18.7 Å². The molecule has 7 nitrogen and oxygen atoms in total. The first-order chi connectivity index (χ1) is 15.9. The van der Waals surface area contributed by atoms with E-state index in [0.29, 0.717) is 13.0 Å². The van der Waals surface area contributed by atoms with E-state index in [1.165, 1.54) is 4.90 Å². The van der Waals surface area contributed by atoms with Gasteiger partial charge in [-0.2, -0.15) is 0 Å². The number of aromatic nitrogens is 2. The van der Waals surface area contributed by atoms with E-state index in [4.69, 9.17) is 4.98 Å². The van der Waals surface area contributed by atoms with Crippen molar-refractivity contribution < 1.29 is 13.6 Å². The number of hydrogen-bond acceptors (Lipinski definition) is 6. The number of amides is 1. The SMILES string of the molecule is Cc1cc(-c2ccccc2)nc(N2CCN([C@@H]3CN[C@H](C(=O)N4CCC(F)(F)C4)C3)CC2)n1. The summed E-state index contributed by atoms with van der Waals surface area (Å²) in [5.74, 6) is -2.18. The zero-order chi connectivity index (χ0) is 23.0. The Labute approximate surface area is 192 Å². The molecule has 0 unspecified atom stereocenters. The molecule has 2 atom stereocenters. The number of nitrogens with zero attached hydrogens (tertiary/aromatic N) is 5. The van der Waals surface area contributed by atoms with Crippen molar-refractivity contribution in [1.29, 1.82) is 0 Å². The van der Waals surface area contributed by atoms with Crippen LogP contribution in [0.25, 0.3) is 11.3 Å². The number of carbonyl (C=O) groups excluding carboxylic acids is 1. The van der Waals surface area contributed by atoms with Gasteiger partial charge < -0.3 is 15.1 Å². The van der Waals surface area contributed by atoms with Crippen molar-refractivity contribution in [2.45, 2.75) is 37.8 Å². The molecular formula is C24H30F2N6O. The van der Waals surface area contributed by atoms with Crippen LogP contribution < -0.4 is 10.2 Å². The van der Waals surface area contributed by atoms with Gasteiger partial charge in [0.1, 0.15) is 0 Å². The predicted octanol–water partition coefficient (Wildman–Crippen LogP) is 2.17. The van der Waals surface area contributed by atoms with Crippen LogP contribution in [0.3, 0.4) is 0 Å². The number of halogens is 2. The van der Waals surface area contributed by atoms with Crippen LogP contribution >= 0.6 is 0 Å². The number of anilines is 1. The van der Waals surface area contributed by atoms with Gasteiger partial charge in [-0.3, -0.25) is 9.69 Å². The number of benzene rings is 1. The highest BCUT2D eigenvalue weighted by Gasteiger charge is 2.43. The summed E-state index contributed by atoms with van der Waals surface area (Å²) in [7, 11) is 0. The van der Waals surface area contributed by atoms with Crippen LogP contribution in [0.15, 0.2) is 36.4 Å². The summed E-state index contributed by atoms with van der Waals surface area (Å²) < 4.78 is 27.0. The Kier molecular flexibility index (Phi) is 6.01. The van der Waals surface area contributed by atoms with E-state index in [2.05, 4.69) is 32.2 Å². The zero-order valence-electron chi connectivity index (χ0n) is 18.9. The molecular weight excluding hydrogens is 426 g/mol. The third-order valence-electron chi connectivity index (χ3n) is 6.91. The maximum atomic E-state index is 13.5. The molecule has 1 aromatic carbocycles. The topological polar surface area (TPSA) is 64.6 Å². The Balaban J connectivity index is 1.18. The monoisotopic (exact) mass is 456 g/mol. The molecule has 2 aromatic rings. The van der Waals surface area contributed by atoms with Crippen molar-refractivity contribution in [3.05, 3.63) is 42.1 Å². The number of carbonyl (C=O) groups is 1. The summed E-state index contributed by atoms with van der Waals surface area (Å²) >= 11 is 0. The van der Waals surface area contributed by atoms with Gasteiger partial charge in [-0.15, -0.1) is 0 Å². The highest BCUT2D eigenvalue weighted by molar-refractivity contribution is 5.82. The highest BCUT2D eigenvalue weighted by Crippen LogP contribution is 2.28. The minimum absolute atomic E-state index is 0.148. The van der Waals surface area contributed by atoms with Gasteiger partial charge in [0.2, 0.25) is 11.9 Å². The summed E-state index contributed by atoms with van der Waals surface area (Å²) in [6.45, 7) is 5.73. The second-order valence-corrected chi connectivity index (χ2v) is 9.30. The highest BCUT2D eigenvalue weighted by atomic mass is 19.3. The third-order valence-corrected chi connectivity index (χ3v) is 6.91. The maximum Gasteiger partial charge on any atom is 0.267 e. The van der Waals surface area contributed by atoms with Gasteiger partial charge in [0, 0.05) is 63.0 Å². The lowest BCUT2D eigenvalue weighted by molar-refractivity contribution is -0.133. The number of hydrogen-bond donors (Lipinski definition) is 1. The molecule has 3 aliphatic heterocycles. The van der Waals surface area contributed by atoms with Crippen molar-refractivity contribution in [3.63, 3.8) is 0 Å². The van der Waals surface area contributed by atoms with Crippen LogP contribution in [0.4, 0.5) is 14.7 Å². The van der Waals surface area contributed by atoms with Crippen LogP contribution in [-0.2, 0) is 4.79 Å². The quantitative estimate of drug-likeness (QED) is 0.761. The van der Waals surface area contributed by atoms with E-state index in [1.54, 1.807) is 0 Å². The lowest BCUT2D eigenvalue weighted by Gasteiger charge is -2.38. The predicted molar refractivity (Wildman–Crippen MR) is 122 cm³/mol. The maximum absolute atomic E-state index is 13.5. The van der Waals surface area contributed by atoms with E-state index in [0.717, 1.165) is 49.1 Å². The fourth-order valence-electron chi connectivity index (χ4n) is 5.07. The second kappa shape index (κ2) is 8.95. The van der Waals surface area contributed by atoms with Gasteiger partial charge >= 0.3 is 0 Å². The van der Waals surface area contributed by atoms with Gasteiger partial charge in [0.15, 0.2) is 0 Å². The molecule has 0 bridgehead atoms. The largest absolute Gasteiger partial charge is 0.338 e. The molecule has 0 spiro atoms. The first-order valence-corrected chi connectivity index (χ1v) is 11.7. The molecule has 5 rings (SSSR count). The number of aryl methyl sites for hydroxylation is 1. The Morgan fingerprint density at radius 3 is 2.55 bits per heavy atom. The molecule has 3 fully saturated rings. The fourth-order valence-corrected chi connectivity index (χ4v) is 5.07. The summed E-state index contributed by atoms with van der Waals surface area (Å²) in [5, 5.41) is 3.27. The number of likely N-dealkylation sites (tertiary alicyclic amines) is 1. The lowest BCUT2D eigenvalue weighted by Crippen LogP contribution is -2.51. The van der Waals surface area contributed by atoms with Crippen molar-refractivity contribution in [1.82, 2.24) is 25.1 Å². The van der Waals surface area contributed by atoms with E-state index in [1.807, 2.05) is 31.2 Å². The third kappa shape index (κ3) is 4.84. The van der Waals surface area contributed by atoms with Crippen LogP contribution in [0.1, 0.15) is 18.5 Å². The number of rotatable bonds is 4. The van der Waals surface area contributed by atoms with Crippen molar-refractivity contribution in [2.75, 3.05) is 50.7 Å². The Morgan fingerprint density at radius 2 is 1.85 bits per heavy atom. The number of alkyl halides is 2. The van der Waals surface area contributed by atoms with Gasteiger partial charge in [0.05, 0.1) is 18.3 Å². The molecule has 9 heteroatoms. The zero-order valence-corrected chi connectivity index (χ0v) is 18.9. The molecule has 1 aromatic heterocycles. The minimum Gasteiger partial charge on any atom is -0.338 e. The average Bonchev–Trinajstić information content (AvgIpc) is 3.46. The number of nitrogens with one attached hydrogen (secondary N) is 1. The Morgan fingerprint density at radius 1 is 1.09 bits per heavy atom. The standard InChI is InChI=1S/C24H30F2N6O/c1-17-13-20(18-5-3-2-4-6-18)29-23(28-17)31-11-9-30(10-12-31)19-14-21(27-15-19)22(33)32-8-7-24(25,26)16-32/h2-6,13,19,21,27H,7-12,14-16H2,1H3/t19-,21-/m0/s1. The summed E-state index contributed by atoms with van der Waals surface area (Å²) in [5.41, 5.74) is 2.94. The molecule has 3 saturated heterocycles. The van der Waals surface area contributed by atoms with Crippen LogP contribution in [0.2, 0.25) is 0 Å². The van der Waals surface area contributed by atoms with Crippen LogP contribution in [-0.4, -0.2) is 89.5 Å². The molecule has 4 heterocycles. The molecule has 0 radical (unpaired) electrons. The van der Waals surface area contributed by atoms with Crippen LogP contribution in [0, 0.1) is 6.92 Å². The smallest absolute Gasteiger partial charge is 0.267 e. The van der Waals surface area contributed by atoms with E-state index >= 15 is 0 Å². The van der Waals surface area contributed by atoms with Crippen molar-refractivity contribution >= 4 is 11.9 Å². The molecule has 1 N–H and O–H groups in total. The van der Waals surface area contributed by atoms with Crippen molar-refractivity contribution in [2.24, 2.45) is 0 Å². The average molecular weight is 457 g/mol. The van der Waals surface area contributed by atoms with Gasteiger partial charge in [-0.1, -0.05) is 30.3 Å². The lowest BCUT2D eigenvalue weighted by atomic mass is 10.1. The molecule has 3 aliphatic rings. The molecule has 0 saturated carbocycles. The normalized spacial score (nSPS) is 25.5. The van der Waals surface area contributed by atoms with Crippen LogP contribution in [0.5, 0.6) is 0 Å². The van der Waals surface area contributed by atoms with E-state index in [9.17, 15) is 13.6 Å². The molecule has 0 aliphatic carbocycles.